The Balaban J connectivity index is 1.66. The van der Waals surface area contributed by atoms with Crippen molar-refractivity contribution in [1.29, 1.82) is 0 Å². The van der Waals surface area contributed by atoms with Crippen LogP contribution in [0, 0.1) is 13.8 Å². The van der Waals surface area contributed by atoms with Crippen LogP contribution in [0.3, 0.4) is 0 Å². The molecule has 1 aromatic heterocycles. The zero-order valence-electron chi connectivity index (χ0n) is 16.7. The van der Waals surface area contributed by atoms with E-state index in [9.17, 15) is 9.59 Å². The largest absolute Gasteiger partial charge is 0.481 e. The number of ether oxygens (including phenoxy) is 1. The van der Waals surface area contributed by atoms with E-state index in [2.05, 4.69) is 10.6 Å². The van der Waals surface area contributed by atoms with Gasteiger partial charge in [-0.05, 0) is 62.2 Å². The number of benzene rings is 2. The highest BCUT2D eigenvalue weighted by molar-refractivity contribution is 6.04. The molecule has 0 bridgehead atoms. The second-order valence-electron chi connectivity index (χ2n) is 6.83. The Morgan fingerprint density at radius 3 is 2.62 bits per heavy atom. The Kier molecular flexibility index (Phi) is 6.34. The summed E-state index contributed by atoms with van der Waals surface area (Å²) in [7, 11) is 0. The Morgan fingerprint density at radius 1 is 1.07 bits per heavy atom. The van der Waals surface area contributed by atoms with Crippen molar-refractivity contribution in [3.63, 3.8) is 0 Å². The lowest BCUT2D eigenvalue weighted by Gasteiger charge is -2.18. The first-order chi connectivity index (χ1) is 13.9. The van der Waals surface area contributed by atoms with Gasteiger partial charge in [0.25, 0.3) is 11.8 Å². The first-order valence-electron chi connectivity index (χ1n) is 9.38. The summed E-state index contributed by atoms with van der Waals surface area (Å²) in [5.41, 5.74) is 2.79. The SMILES string of the molecule is Cc1ccc(C)c(O[C@@H](C)C(=O)Nc2ccccc2C(=O)NCc2ccco2)c1. The molecule has 150 valence electrons. The molecular weight excluding hydrogens is 368 g/mol. The van der Waals surface area contributed by atoms with Gasteiger partial charge >= 0.3 is 0 Å². The van der Waals surface area contributed by atoms with Crippen LogP contribution < -0.4 is 15.4 Å². The lowest BCUT2D eigenvalue weighted by Crippen LogP contribution is -2.32. The predicted octanol–water partition coefficient (Wildman–Crippen LogP) is 4.23. The second kappa shape index (κ2) is 9.10. The predicted molar refractivity (Wildman–Crippen MR) is 111 cm³/mol. The van der Waals surface area contributed by atoms with Crippen molar-refractivity contribution in [1.82, 2.24) is 5.32 Å². The van der Waals surface area contributed by atoms with Crippen LogP contribution in [-0.2, 0) is 11.3 Å². The van der Waals surface area contributed by atoms with Gasteiger partial charge in [0.1, 0.15) is 11.5 Å². The van der Waals surface area contributed by atoms with E-state index >= 15 is 0 Å². The zero-order valence-corrected chi connectivity index (χ0v) is 16.7. The van der Waals surface area contributed by atoms with Gasteiger partial charge in [-0.1, -0.05) is 24.3 Å². The molecule has 2 N–H and O–H groups in total. The Bertz CT molecular complexity index is 996. The maximum Gasteiger partial charge on any atom is 0.265 e. The maximum atomic E-state index is 12.6. The van der Waals surface area contributed by atoms with Crippen LogP contribution >= 0.6 is 0 Å². The van der Waals surface area contributed by atoms with Gasteiger partial charge in [0, 0.05) is 0 Å². The molecule has 2 amide bonds. The number of rotatable bonds is 7. The lowest BCUT2D eigenvalue weighted by molar-refractivity contribution is -0.122. The van der Waals surface area contributed by atoms with Crippen LogP contribution in [-0.4, -0.2) is 17.9 Å². The summed E-state index contributed by atoms with van der Waals surface area (Å²) < 4.78 is 11.1. The molecule has 0 radical (unpaired) electrons. The van der Waals surface area contributed by atoms with Crippen LogP contribution in [0.4, 0.5) is 5.69 Å². The highest BCUT2D eigenvalue weighted by atomic mass is 16.5. The van der Waals surface area contributed by atoms with Crippen molar-refractivity contribution in [3.8, 4) is 5.75 Å². The van der Waals surface area contributed by atoms with Crippen LogP contribution in [0.25, 0.3) is 0 Å². The van der Waals surface area contributed by atoms with Gasteiger partial charge in [0.15, 0.2) is 6.10 Å². The van der Waals surface area contributed by atoms with E-state index in [1.165, 1.54) is 0 Å². The first-order valence-corrected chi connectivity index (χ1v) is 9.38. The topological polar surface area (TPSA) is 80.6 Å². The molecule has 0 aliphatic carbocycles. The number of carbonyl (C=O) groups is 2. The molecule has 0 saturated heterocycles. The normalized spacial score (nSPS) is 11.6. The van der Waals surface area contributed by atoms with E-state index in [-0.39, 0.29) is 18.4 Å². The van der Waals surface area contributed by atoms with Crippen LogP contribution in [0.1, 0.15) is 34.2 Å². The second-order valence-corrected chi connectivity index (χ2v) is 6.83. The van der Waals surface area contributed by atoms with Crippen molar-refractivity contribution < 1.29 is 18.7 Å². The van der Waals surface area contributed by atoms with E-state index < -0.39 is 6.10 Å². The lowest BCUT2D eigenvalue weighted by atomic mass is 10.1. The molecule has 6 nitrogen and oxygen atoms in total. The fourth-order valence-corrected chi connectivity index (χ4v) is 2.78. The zero-order chi connectivity index (χ0) is 20.8. The van der Waals surface area contributed by atoms with E-state index in [0.717, 1.165) is 11.1 Å². The van der Waals surface area contributed by atoms with Crippen LogP contribution in [0.2, 0.25) is 0 Å². The number of hydrogen-bond donors (Lipinski definition) is 2. The van der Waals surface area contributed by atoms with Gasteiger partial charge in [-0.25, -0.2) is 0 Å². The van der Waals surface area contributed by atoms with Gasteiger partial charge in [-0.3, -0.25) is 9.59 Å². The summed E-state index contributed by atoms with van der Waals surface area (Å²) in [6, 6.07) is 16.2. The van der Waals surface area contributed by atoms with E-state index in [0.29, 0.717) is 22.8 Å². The Hall–Kier alpha value is -3.54. The number of carbonyl (C=O) groups excluding carboxylic acids is 2. The number of anilines is 1. The molecule has 0 saturated carbocycles. The fraction of sp³-hybridized carbons (Fsp3) is 0.217. The molecule has 2 aromatic carbocycles. The summed E-state index contributed by atoms with van der Waals surface area (Å²) in [5.74, 6) is 0.671. The van der Waals surface area contributed by atoms with Gasteiger partial charge < -0.3 is 19.8 Å². The minimum atomic E-state index is -0.727. The summed E-state index contributed by atoms with van der Waals surface area (Å²) >= 11 is 0. The number of aryl methyl sites for hydroxylation is 2. The summed E-state index contributed by atoms with van der Waals surface area (Å²) in [4.78, 5) is 25.2. The van der Waals surface area contributed by atoms with Crippen molar-refractivity contribution in [3.05, 3.63) is 83.3 Å². The minimum Gasteiger partial charge on any atom is -0.481 e. The van der Waals surface area contributed by atoms with Crippen molar-refractivity contribution in [2.24, 2.45) is 0 Å². The van der Waals surface area contributed by atoms with Crippen molar-refractivity contribution in [2.45, 2.75) is 33.4 Å². The third-order valence-electron chi connectivity index (χ3n) is 4.45. The molecule has 0 spiro atoms. The first kappa shape index (κ1) is 20.2. The van der Waals surface area contributed by atoms with Crippen LogP contribution in [0.5, 0.6) is 5.75 Å². The number of nitrogens with one attached hydrogen (secondary N) is 2. The molecule has 6 heteroatoms. The Morgan fingerprint density at radius 2 is 1.86 bits per heavy atom. The molecular formula is C23H24N2O4. The molecule has 3 rings (SSSR count). The average Bonchev–Trinajstić information content (AvgIpc) is 3.23. The van der Waals surface area contributed by atoms with Crippen molar-refractivity contribution >= 4 is 17.5 Å². The maximum absolute atomic E-state index is 12.6. The Labute approximate surface area is 169 Å². The highest BCUT2D eigenvalue weighted by Gasteiger charge is 2.19. The van der Waals surface area contributed by atoms with E-state index in [1.54, 1.807) is 49.6 Å². The van der Waals surface area contributed by atoms with Gasteiger partial charge in [0.05, 0.1) is 24.1 Å². The molecule has 1 heterocycles. The summed E-state index contributed by atoms with van der Waals surface area (Å²) in [6.07, 6.45) is 0.822. The standard InChI is InChI=1S/C23H24N2O4/c1-15-10-11-16(2)21(13-15)29-17(3)22(26)25-20-9-5-4-8-19(20)23(27)24-14-18-7-6-12-28-18/h4-13,17H,14H2,1-3H3,(H,24,27)(H,25,26)/t17-/m0/s1. The molecule has 0 fully saturated rings. The quantitative estimate of drug-likeness (QED) is 0.630. The fourth-order valence-electron chi connectivity index (χ4n) is 2.78. The summed E-state index contributed by atoms with van der Waals surface area (Å²) in [5, 5.41) is 5.57. The summed E-state index contributed by atoms with van der Waals surface area (Å²) in [6.45, 7) is 5.84. The molecule has 0 unspecified atom stereocenters. The average molecular weight is 392 g/mol. The molecule has 1 atom stereocenters. The smallest absolute Gasteiger partial charge is 0.265 e. The molecule has 0 aliphatic heterocycles. The number of para-hydroxylation sites is 1. The third-order valence-corrected chi connectivity index (χ3v) is 4.45. The molecule has 29 heavy (non-hydrogen) atoms. The van der Waals surface area contributed by atoms with Gasteiger partial charge in [-0.2, -0.15) is 0 Å². The van der Waals surface area contributed by atoms with Gasteiger partial charge in [-0.15, -0.1) is 0 Å². The third kappa shape index (κ3) is 5.25. The minimum absolute atomic E-state index is 0.264. The number of furan rings is 1. The number of amides is 2. The van der Waals surface area contributed by atoms with E-state index in [4.69, 9.17) is 9.15 Å². The number of hydrogen-bond acceptors (Lipinski definition) is 4. The van der Waals surface area contributed by atoms with E-state index in [1.807, 2.05) is 32.0 Å². The van der Waals surface area contributed by atoms with Gasteiger partial charge in [0.2, 0.25) is 0 Å². The molecule has 0 aliphatic rings. The van der Waals surface area contributed by atoms with Crippen molar-refractivity contribution in [2.75, 3.05) is 5.32 Å². The molecule has 3 aromatic rings. The monoisotopic (exact) mass is 392 g/mol. The highest BCUT2D eigenvalue weighted by Crippen LogP contribution is 2.21. The van der Waals surface area contributed by atoms with Crippen LogP contribution in [0.15, 0.2) is 65.3 Å².